The summed E-state index contributed by atoms with van der Waals surface area (Å²) in [6.07, 6.45) is 8.13. The van der Waals surface area contributed by atoms with Crippen molar-refractivity contribution < 1.29 is 24.5 Å². The summed E-state index contributed by atoms with van der Waals surface area (Å²) in [5.74, 6) is -1.87. The lowest BCUT2D eigenvalue weighted by Crippen LogP contribution is -2.43. The summed E-state index contributed by atoms with van der Waals surface area (Å²) in [5, 5.41) is 25.5. The smallest absolute Gasteiger partial charge is 0.328 e. The lowest BCUT2D eigenvalue weighted by Gasteiger charge is -2.35. The molecule has 9 heteroatoms. The summed E-state index contributed by atoms with van der Waals surface area (Å²) < 4.78 is 6.13. The SMILES string of the molecule is CN1C2CCC1CC(Oc1ccc(-c3ccc4[nH]ccc4c3)nn1)C2.O=C(O)/C=C/C(=O)O. The Morgan fingerprint density at radius 1 is 1.03 bits per heavy atom. The molecular formula is C24H26N4O5. The number of ether oxygens (including phenoxy) is 1. The van der Waals surface area contributed by atoms with E-state index in [0.717, 1.165) is 29.6 Å². The first-order valence-electron chi connectivity index (χ1n) is 10.8. The quantitative estimate of drug-likeness (QED) is 0.505. The molecule has 2 bridgehead atoms. The van der Waals surface area contributed by atoms with Gasteiger partial charge < -0.3 is 24.8 Å². The summed E-state index contributed by atoms with van der Waals surface area (Å²) in [5.41, 5.74) is 3.08. The third kappa shape index (κ3) is 5.56. The highest BCUT2D eigenvalue weighted by molar-refractivity contribution is 5.89. The number of fused-ring (bicyclic) bond motifs is 3. The van der Waals surface area contributed by atoms with Crippen molar-refractivity contribution >= 4 is 22.8 Å². The first-order chi connectivity index (χ1) is 15.9. The van der Waals surface area contributed by atoms with Crippen molar-refractivity contribution in [2.75, 3.05) is 7.05 Å². The van der Waals surface area contributed by atoms with E-state index < -0.39 is 11.9 Å². The van der Waals surface area contributed by atoms with Gasteiger partial charge in [-0.1, -0.05) is 6.07 Å². The monoisotopic (exact) mass is 450 g/mol. The van der Waals surface area contributed by atoms with Gasteiger partial charge in [0.15, 0.2) is 0 Å². The number of carbonyl (C=O) groups is 2. The van der Waals surface area contributed by atoms with Crippen molar-refractivity contribution in [1.82, 2.24) is 20.1 Å². The molecule has 9 nitrogen and oxygen atoms in total. The number of carboxylic acid groups (broad SMARTS) is 2. The molecule has 0 amide bonds. The molecule has 0 radical (unpaired) electrons. The first-order valence-corrected chi connectivity index (χ1v) is 10.8. The number of carboxylic acids is 2. The summed E-state index contributed by atoms with van der Waals surface area (Å²) in [4.78, 5) is 24.8. The molecule has 1 aromatic carbocycles. The fourth-order valence-electron chi connectivity index (χ4n) is 4.52. The molecule has 3 aromatic rings. The minimum Gasteiger partial charge on any atom is -0.478 e. The average Bonchev–Trinajstić information content (AvgIpc) is 3.33. The second-order valence-electron chi connectivity index (χ2n) is 8.31. The molecule has 5 rings (SSSR count). The molecule has 0 aliphatic carbocycles. The van der Waals surface area contributed by atoms with Gasteiger partial charge in [-0.15, -0.1) is 10.2 Å². The van der Waals surface area contributed by atoms with E-state index in [1.807, 2.05) is 18.3 Å². The highest BCUT2D eigenvalue weighted by atomic mass is 16.5. The van der Waals surface area contributed by atoms with E-state index in [1.165, 1.54) is 18.2 Å². The van der Waals surface area contributed by atoms with E-state index in [4.69, 9.17) is 14.9 Å². The molecule has 2 aliphatic heterocycles. The number of hydrogen-bond acceptors (Lipinski definition) is 6. The first kappa shape index (κ1) is 22.5. The van der Waals surface area contributed by atoms with Gasteiger partial charge in [0.1, 0.15) is 6.10 Å². The van der Waals surface area contributed by atoms with Crippen LogP contribution < -0.4 is 4.74 Å². The maximum Gasteiger partial charge on any atom is 0.328 e. The molecule has 2 fully saturated rings. The predicted octanol–water partition coefficient (Wildman–Crippen LogP) is 3.34. The fourth-order valence-corrected chi connectivity index (χ4v) is 4.52. The Kier molecular flexibility index (Phi) is 6.69. The number of aromatic amines is 1. The fraction of sp³-hybridized carbons (Fsp3) is 0.333. The van der Waals surface area contributed by atoms with Gasteiger partial charge in [0.05, 0.1) is 5.69 Å². The highest BCUT2D eigenvalue weighted by Crippen LogP contribution is 2.35. The number of nitrogens with one attached hydrogen (secondary N) is 1. The van der Waals surface area contributed by atoms with Crippen LogP contribution in [0.15, 0.2) is 54.7 Å². The van der Waals surface area contributed by atoms with Gasteiger partial charge in [-0.2, -0.15) is 0 Å². The second kappa shape index (κ2) is 9.83. The second-order valence-corrected chi connectivity index (χ2v) is 8.31. The van der Waals surface area contributed by atoms with E-state index in [1.54, 1.807) is 0 Å². The number of aromatic nitrogens is 3. The molecule has 2 aliphatic rings. The largest absolute Gasteiger partial charge is 0.478 e. The Morgan fingerprint density at radius 2 is 1.73 bits per heavy atom. The standard InChI is InChI=1S/C20H22N4O.C4H4O4/c1-24-15-3-4-16(24)12-17(11-15)25-20-7-6-19(22-23-20)13-2-5-18-14(10-13)8-9-21-18;5-3(6)1-2-4(7)8/h2,5-10,15-17,21H,3-4,11-12H2,1H3;1-2H,(H,5,6)(H,7,8)/b;2-1+. The van der Waals surface area contributed by atoms with E-state index in [0.29, 0.717) is 30.1 Å². The highest BCUT2D eigenvalue weighted by Gasteiger charge is 2.39. The van der Waals surface area contributed by atoms with Crippen molar-refractivity contribution in [3.05, 3.63) is 54.7 Å². The number of piperidine rings is 1. The van der Waals surface area contributed by atoms with Crippen LogP contribution in [0.4, 0.5) is 0 Å². The van der Waals surface area contributed by atoms with Crippen LogP contribution in [-0.2, 0) is 9.59 Å². The molecule has 2 saturated heterocycles. The van der Waals surface area contributed by atoms with Gasteiger partial charge in [-0.25, -0.2) is 9.59 Å². The topological polar surface area (TPSA) is 129 Å². The van der Waals surface area contributed by atoms with Crippen LogP contribution in [0.5, 0.6) is 5.88 Å². The summed E-state index contributed by atoms with van der Waals surface area (Å²) >= 11 is 0. The van der Waals surface area contributed by atoms with Crippen molar-refractivity contribution in [3.63, 3.8) is 0 Å². The van der Waals surface area contributed by atoms with E-state index in [2.05, 4.69) is 51.4 Å². The predicted molar refractivity (Wildman–Crippen MR) is 122 cm³/mol. The molecule has 2 aromatic heterocycles. The third-order valence-corrected chi connectivity index (χ3v) is 6.20. The van der Waals surface area contributed by atoms with Gasteiger partial charge in [-0.05, 0) is 57.0 Å². The summed E-state index contributed by atoms with van der Waals surface area (Å²) in [7, 11) is 2.24. The number of H-pyrrole nitrogens is 1. The van der Waals surface area contributed by atoms with Gasteiger partial charge in [0.2, 0.25) is 5.88 Å². The van der Waals surface area contributed by atoms with Crippen LogP contribution in [0.1, 0.15) is 25.7 Å². The van der Waals surface area contributed by atoms with Gasteiger partial charge in [-0.3, -0.25) is 0 Å². The number of nitrogens with zero attached hydrogens (tertiary/aromatic N) is 3. The Bertz CT molecular complexity index is 1130. The van der Waals surface area contributed by atoms with Crippen molar-refractivity contribution in [3.8, 4) is 17.1 Å². The van der Waals surface area contributed by atoms with Crippen molar-refractivity contribution in [1.29, 1.82) is 0 Å². The Hall–Kier alpha value is -3.72. The maximum absolute atomic E-state index is 9.55. The van der Waals surface area contributed by atoms with Crippen LogP contribution in [0, 0.1) is 0 Å². The molecule has 3 N–H and O–H groups in total. The molecule has 4 heterocycles. The zero-order valence-electron chi connectivity index (χ0n) is 18.2. The molecule has 0 saturated carbocycles. The Labute approximate surface area is 190 Å². The van der Waals surface area contributed by atoms with E-state index in [9.17, 15) is 9.59 Å². The summed E-state index contributed by atoms with van der Waals surface area (Å²) in [6.45, 7) is 0. The van der Waals surface area contributed by atoms with Crippen molar-refractivity contribution in [2.45, 2.75) is 43.9 Å². The minimum absolute atomic E-state index is 0.269. The lowest BCUT2D eigenvalue weighted by molar-refractivity contribution is -0.134. The number of aliphatic carboxylic acids is 2. The van der Waals surface area contributed by atoms with Gasteiger partial charge in [0, 0.05) is 53.0 Å². The zero-order valence-corrected chi connectivity index (χ0v) is 18.2. The number of benzene rings is 1. The normalized spacial score (nSPS) is 22.2. The van der Waals surface area contributed by atoms with Crippen LogP contribution in [0.3, 0.4) is 0 Å². The third-order valence-electron chi connectivity index (χ3n) is 6.20. The Morgan fingerprint density at radius 3 is 2.33 bits per heavy atom. The van der Waals surface area contributed by atoms with E-state index in [-0.39, 0.29) is 6.10 Å². The van der Waals surface area contributed by atoms with Crippen LogP contribution in [0.2, 0.25) is 0 Å². The molecule has 172 valence electrons. The molecule has 2 atom stereocenters. The maximum atomic E-state index is 9.55. The van der Waals surface area contributed by atoms with Gasteiger partial charge in [0.25, 0.3) is 0 Å². The Balaban J connectivity index is 0.000000281. The average molecular weight is 450 g/mol. The summed E-state index contributed by atoms with van der Waals surface area (Å²) in [6, 6.07) is 13.6. The minimum atomic E-state index is -1.26. The molecular weight excluding hydrogens is 424 g/mol. The van der Waals surface area contributed by atoms with Crippen LogP contribution in [0.25, 0.3) is 22.2 Å². The van der Waals surface area contributed by atoms with E-state index >= 15 is 0 Å². The molecule has 0 spiro atoms. The lowest BCUT2D eigenvalue weighted by atomic mass is 10.0. The number of hydrogen-bond donors (Lipinski definition) is 3. The van der Waals surface area contributed by atoms with Gasteiger partial charge >= 0.3 is 11.9 Å². The van der Waals surface area contributed by atoms with Crippen molar-refractivity contribution in [2.24, 2.45) is 0 Å². The molecule has 2 unspecified atom stereocenters. The molecule has 33 heavy (non-hydrogen) atoms. The van der Waals surface area contributed by atoms with Crippen LogP contribution in [-0.4, -0.2) is 67.5 Å². The zero-order chi connectivity index (χ0) is 23.4. The number of rotatable bonds is 5. The van der Waals surface area contributed by atoms with Crippen LogP contribution >= 0.6 is 0 Å².